The van der Waals surface area contributed by atoms with E-state index in [1.54, 1.807) is 5.57 Å². The lowest BCUT2D eigenvalue weighted by Gasteiger charge is -2.73. The number of allylic oxidation sites excluding steroid dienone is 2. The highest BCUT2D eigenvalue weighted by molar-refractivity contribution is 6.00. The van der Waals surface area contributed by atoms with Gasteiger partial charge in [0, 0.05) is 11.8 Å². The van der Waals surface area contributed by atoms with Crippen LogP contribution in [0.4, 0.5) is 0 Å². The number of fused-ring (bicyclic) bond motifs is 7. The van der Waals surface area contributed by atoms with Crippen LogP contribution < -0.4 is 5.32 Å². The Balaban J connectivity index is 1.32. The molecule has 0 bridgehead atoms. The van der Waals surface area contributed by atoms with Crippen molar-refractivity contribution in [2.75, 3.05) is 13.6 Å². The lowest BCUT2D eigenvalue weighted by atomic mass is 9.32. The minimum Gasteiger partial charge on any atom is -0.370 e. The minimum absolute atomic E-state index is 0.00319. The number of carbonyl (C=O) groups excluding carboxylic acids is 2. The van der Waals surface area contributed by atoms with Gasteiger partial charge >= 0.3 is 0 Å². The first-order valence-electron chi connectivity index (χ1n) is 17.0. The van der Waals surface area contributed by atoms with Crippen LogP contribution in [0, 0.1) is 50.7 Å². The number of hydrogen-bond donors (Lipinski definition) is 2. The van der Waals surface area contributed by atoms with Crippen LogP contribution >= 0.6 is 0 Å². The first-order valence-corrected chi connectivity index (χ1v) is 17.0. The Hall–Kier alpha value is -1.20. The highest BCUT2D eigenvalue weighted by Crippen LogP contribution is 2.77. The third kappa shape index (κ3) is 3.79. The fourth-order valence-corrected chi connectivity index (χ4v) is 12.6. The molecule has 0 unspecified atom stereocenters. The molecule has 5 heteroatoms. The second kappa shape index (κ2) is 9.16. The van der Waals surface area contributed by atoms with Crippen molar-refractivity contribution < 1.29 is 14.7 Å². The monoisotopic (exact) mass is 566 g/mol. The Kier molecular flexibility index (Phi) is 6.67. The molecule has 5 aliphatic carbocycles. The molecule has 0 aromatic heterocycles. The van der Waals surface area contributed by atoms with Crippen LogP contribution in [0.5, 0.6) is 0 Å². The summed E-state index contributed by atoms with van der Waals surface area (Å²) in [6.45, 7) is 20.0. The van der Waals surface area contributed by atoms with E-state index in [0.29, 0.717) is 35.9 Å². The number of nitrogens with zero attached hydrogens (tertiary/aromatic N) is 1. The summed E-state index contributed by atoms with van der Waals surface area (Å²) in [5.74, 6) is 2.16. The summed E-state index contributed by atoms with van der Waals surface area (Å²) in [5, 5.41) is 15.4. The summed E-state index contributed by atoms with van der Waals surface area (Å²) >= 11 is 0. The molecule has 1 aliphatic heterocycles. The van der Waals surface area contributed by atoms with E-state index in [1.165, 1.54) is 31.3 Å². The van der Waals surface area contributed by atoms with E-state index in [-0.39, 0.29) is 33.6 Å². The molecule has 41 heavy (non-hydrogen) atoms. The summed E-state index contributed by atoms with van der Waals surface area (Å²) in [4.78, 5) is 28.9. The molecule has 6 rings (SSSR count). The molecule has 4 saturated carbocycles. The van der Waals surface area contributed by atoms with Crippen molar-refractivity contribution in [1.29, 1.82) is 0 Å². The molecule has 230 valence electrons. The Morgan fingerprint density at radius 3 is 2.24 bits per heavy atom. The van der Waals surface area contributed by atoms with Crippen molar-refractivity contribution in [1.82, 2.24) is 10.2 Å². The number of rotatable bonds is 3. The summed E-state index contributed by atoms with van der Waals surface area (Å²) in [6.07, 6.45) is 11.2. The topological polar surface area (TPSA) is 69.6 Å². The average Bonchev–Trinajstić information content (AvgIpc) is 3.42. The second-order valence-electron chi connectivity index (χ2n) is 17.5. The van der Waals surface area contributed by atoms with Crippen LogP contribution in [-0.2, 0) is 9.59 Å². The molecule has 1 amide bonds. The zero-order valence-electron chi connectivity index (χ0n) is 27.6. The highest BCUT2D eigenvalue weighted by Gasteiger charge is 2.71. The van der Waals surface area contributed by atoms with Crippen LogP contribution in [0.2, 0.25) is 0 Å². The number of nitrogens with one attached hydrogen (secondary N) is 1. The fourth-order valence-electron chi connectivity index (χ4n) is 12.6. The van der Waals surface area contributed by atoms with Crippen molar-refractivity contribution >= 4 is 11.7 Å². The molecule has 6 aliphatic rings. The van der Waals surface area contributed by atoms with Crippen molar-refractivity contribution in [2.45, 2.75) is 138 Å². The molecular formula is C36H58N2O3. The summed E-state index contributed by atoms with van der Waals surface area (Å²) in [5.41, 5.74) is 1.69. The number of likely N-dealkylation sites (tertiary alicyclic amines) is 1. The molecule has 0 aromatic rings. The molecule has 0 radical (unpaired) electrons. The van der Waals surface area contributed by atoms with Gasteiger partial charge in [0.25, 0.3) is 0 Å². The average molecular weight is 567 g/mol. The maximum atomic E-state index is 13.4. The number of Topliss-reactive ketones (excluding diaryl/α,β-unsaturated/α-hetero) is 1. The van der Waals surface area contributed by atoms with Crippen LogP contribution in [0.1, 0.15) is 126 Å². The van der Waals surface area contributed by atoms with E-state index in [1.807, 2.05) is 7.05 Å². The van der Waals surface area contributed by atoms with Crippen molar-refractivity contribution in [2.24, 2.45) is 50.7 Å². The number of ketones is 1. The van der Waals surface area contributed by atoms with Gasteiger partial charge in [-0.25, -0.2) is 0 Å². The largest absolute Gasteiger partial charge is 0.370 e. The molecule has 5 nitrogen and oxygen atoms in total. The number of hydrogen-bond acceptors (Lipinski definition) is 4. The van der Waals surface area contributed by atoms with Crippen molar-refractivity contribution in [3.05, 3.63) is 11.1 Å². The van der Waals surface area contributed by atoms with Crippen molar-refractivity contribution in [3.8, 4) is 0 Å². The summed E-state index contributed by atoms with van der Waals surface area (Å²) < 4.78 is 0. The van der Waals surface area contributed by atoms with Crippen LogP contribution in [0.3, 0.4) is 0 Å². The molecular weight excluding hydrogens is 508 g/mol. The Morgan fingerprint density at radius 2 is 1.61 bits per heavy atom. The highest BCUT2D eigenvalue weighted by atomic mass is 16.3. The van der Waals surface area contributed by atoms with Gasteiger partial charge in [-0.15, -0.1) is 0 Å². The predicted molar refractivity (Wildman–Crippen MR) is 164 cm³/mol. The lowest BCUT2D eigenvalue weighted by molar-refractivity contribution is -0.258. The quantitative estimate of drug-likeness (QED) is 0.365. The van der Waals surface area contributed by atoms with E-state index >= 15 is 0 Å². The number of aliphatic hydroxyl groups is 1. The maximum absolute atomic E-state index is 13.4. The summed E-state index contributed by atoms with van der Waals surface area (Å²) in [6, 6.07) is -0.127. The zero-order chi connectivity index (χ0) is 30.0. The Labute approximate surface area is 249 Å². The lowest BCUT2D eigenvalue weighted by Crippen LogP contribution is -2.71. The van der Waals surface area contributed by atoms with E-state index in [0.717, 1.165) is 45.1 Å². The van der Waals surface area contributed by atoms with E-state index in [9.17, 15) is 14.7 Å². The smallest absolute Gasteiger partial charge is 0.239 e. The van der Waals surface area contributed by atoms with Crippen LogP contribution in [0.15, 0.2) is 11.1 Å². The van der Waals surface area contributed by atoms with Gasteiger partial charge in [0.05, 0.1) is 6.04 Å². The second-order valence-corrected chi connectivity index (χ2v) is 17.5. The number of carbonyl (C=O) groups is 2. The first-order chi connectivity index (χ1) is 19.0. The molecule has 1 saturated heterocycles. The Bertz CT molecular complexity index is 1170. The van der Waals surface area contributed by atoms with E-state index in [2.05, 4.69) is 65.6 Å². The van der Waals surface area contributed by atoms with Crippen molar-refractivity contribution in [3.63, 3.8) is 0 Å². The van der Waals surface area contributed by atoms with Crippen LogP contribution in [-0.4, -0.2) is 47.1 Å². The predicted octanol–water partition coefficient (Wildman–Crippen LogP) is 6.89. The zero-order valence-corrected chi connectivity index (χ0v) is 27.6. The van der Waals surface area contributed by atoms with Gasteiger partial charge in [-0.1, -0.05) is 61.0 Å². The standard InChI is InChI=1S/C36H58N2O3/c1-22(2)28-25(39)21-32(5)16-18-34(7)23(29(28)32)12-13-27-33(6)17-19-36(41,37-30(40)24-11-10-20-38(24)9)31(3,4)26(33)14-15-35(27,34)8/h22-24,26-27,41H,10-21H2,1-9H3,(H,37,40)/t23-,24+,26+,27-,32+,33+,34-,35-,36+/m1/s1. The molecule has 5 fully saturated rings. The molecule has 0 spiro atoms. The molecule has 9 atom stereocenters. The van der Waals surface area contributed by atoms with Gasteiger partial charge < -0.3 is 10.4 Å². The Morgan fingerprint density at radius 1 is 0.902 bits per heavy atom. The molecule has 1 heterocycles. The minimum atomic E-state index is -1.18. The third-order valence-electron chi connectivity index (χ3n) is 15.2. The van der Waals surface area contributed by atoms with Gasteiger partial charge in [0.15, 0.2) is 5.78 Å². The van der Waals surface area contributed by atoms with E-state index < -0.39 is 11.1 Å². The SMILES string of the molecule is CC(C)C1=C2[C@H]3CC[C@@H]4[C@@]5(C)CC[C@@](O)(NC(=O)[C@@H]6CCCN6C)C(C)(C)[C@@H]5CC[C@@]4(C)[C@]3(C)CC[C@@]2(C)CC1=O. The number of likely N-dealkylation sites (N-methyl/N-ethyl adjacent to an activating group) is 1. The van der Waals surface area contributed by atoms with Gasteiger partial charge in [-0.3, -0.25) is 14.5 Å². The maximum Gasteiger partial charge on any atom is 0.239 e. The van der Waals surface area contributed by atoms with Gasteiger partial charge in [0.2, 0.25) is 5.91 Å². The van der Waals surface area contributed by atoms with Gasteiger partial charge in [0.1, 0.15) is 5.72 Å². The fraction of sp³-hybridized carbons (Fsp3) is 0.889. The molecule has 0 aromatic carbocycles. The normalized spacial score (nSPS) is 49.4. The van der Waals surface area contributed by atoms with Gasteiger partial charge in [-0.05, 0) is 129 Å². The molecule has 2 N–H and O–H groups in total. The van der Waals surface area contributed by atoms with Crippen LogP contribution in [0.25, 0.3) is 0 Å². The first kappa shape index (κ1) is 29.9. The van der Waals surface area contributed by atoms with Gasteiger partial charge in [-0.2, -0.15) is 0 Å². The number of amides is 1. The summed E-state index contributed by atoms with van der Waals surface area (Å²) in [7, 11) is 2.03. The van der Waals surface area contributed by atoms with E-state index in [4.69, 9.17) is 0 Å². The third-order valence-corrected chi connectivity index (χ3v) is 15.2.